The molecule has 0 saturated heterocycles. The van der Waals surface area contributed by atoms with E-state index in [0.717, 1.165) is 13.0 Å². The van der Waals surface area contributed by atoms with Crippen molar-refractivity contribution >= 4 is 45.5 Å². The fourth-order valence-electron chi connectivity index (χ4n) is 0.346. The van der Waals surface area contributed by atoms with Gasteiger partial charge in [0.2, 0.25) is 0 Å². The van der Waals surface area contributed by atoms with Crippen molar-refractivity contribution in [2.45, 2.75) is 6.92 Å². The molecule has 1 nitrogen and oxygen atoms in total. The van der Waals surface area contributed by atoms with Crippen LogP contribution in [0.3, 0.4) is 0 Å². The van der Waals surface area contributed by atoms with Crippen molar-refractivity contribution in [3.8, 4) is 0 Å². The molecule has 0 amide bonds. The molecule has 4 heteroatoms. The van der Waals surface area contributed by atoms with E-state index >= 15 is 0 Å². The lowest BCUT2D eigenvalue weighted by molar-refractivity contribution is 1.24. The van der Waals surface area contributed by atoms with Crippen LogP contribution < -0.4 is 0 Å². The minimum absolute atomic E-state index is 0.800. The summed E-state index contributed by atoms with van der Waals surface area (Å²) >= 11 is 9.34. The molecule has 44 valence electrons. The van der Waals surface area contributed by atoms with Gasteiger partial charge in [0, 0.05) is 0 Å². The Morgan fingerprint density at radius 2 is 2.38 bits per heavy atom. The molecule has 0 saturated carbocycles. The molecule has 0 aromatic carbocycles. The molecule has 0 atom stereocenters. The second kappa shape index (κ2) is 2.49. The van der Waals surface area contributed by atoms with Crippen LogP contribution in [0.25, 0.3) is 0 Å². The molecule has 0 radical (unpaired) electrons. The lowest BCUT2D eigenvalue weighted by Crippen LogP contribution is -1.68. The van der Waals surface area contributed by atoms with E-state index in [4.69, 9.17) is 11.6 Å². The summed E-state index contributed by atoms with van der Waals surface area (Å²) < 4.78 is 1.81. The molecule has 0 N–H and O–H groups in total. The van der Waals surface area contributed by atoms with Gasteiger partial charge in [-0.15, -0.1) is 0 Å². The Balaban J connectivity index is 3.14. The van der Waals surface area contributed by atoms with Crippen LogP contribution in [0.5, 0.6) is 0 Å². The first-order chi connectivity index (χ1) is 3.70. The molecular weight excluding hydrogens is 256 g/mol. The molecule has 8 heavy (non-hydrogen) atoms. The molecular formula is C4H3ClINS. The monoisotopic (exact) mass is 259 g/mol. The number of hydrogen-bond donors (Lipinski definition) is 0. The Kier molecular flexibility index (Phi) is 2.11. The fourth-order valence-corrected chi connectivity index (χ4v) is 2.54. The molecule has 1 aromatic rings. The van der Waals surface area contributed by atoms with Crippen molar-refractivity contribution in [2.24, 2.45) is 0 Å². The molecule has 1 aromatic heterocycles. The lowest BCUT2D eigenvalue weighted by atomic mass is 10.6. The number of aromatic nitrogens is 1. The summed E-state index contributed by atoms with van der Waals surface area (Å²) in [5, 5.41) is 0. The van der Waals surface area contributed by atoms with E-state index in [0.29, 0.717) is 0 Å². The van der Waals surface area contributed by atoms with E-state index in [1.54, 1.807) is 0 Å². The normalized spacial score (nSPS) is 9.88. The number of aryl methyl sites for hydroxylation is 1. The Hall–Kier alpha value is 0.650. The van der Waals surface area contributed by atoms with E-state index in [-0.39, 0.29) is 0 Å². The van der Waals surface area contributed by atoms with Crippen molar-refractivity contribution in [3.63, 3.8) is 0 Å². The van der Waals surface area contributed by atoms with Gasteiger partial charge in [0.15, 0.2) is 3.01 Å². The first-order valence-electron chi connectivity index (χ1n) is 1.98. The molecule has 0 bridgehead atoms. The van der Waals surface area contributed by atoms with Gasteiger partial charge < -0.3 is 0 Å². The van der Waals surface area contributed by atoms with Crippen LogP contribution in [-0.4, -0.2) is 4.98 Å². The van der Waals surface area contributed by atoms with Gasteiger partial charge in [0.25, 0.3) is 0 Å². The molecule has 1 rings (SSSR count). The van der Waals surface area contributed by atoms with Gasteiger partial charge in [-0.1, -0.05) is 22.9 Å². The average Bonchev–Trinajstić information content (AvgIpc) is 1.85. The molecule has 0 fully saturated rings. The molecule has 0 spiro atoms. The van der Waals surface area contributed by atoms with Crippen molar-refractivity contribution in [1.29, 1.82) is 0 Å². The van der Waals surface area contributed by atoms with Crippen LogP contribution in [-0.2, 0) is 0 Å². The zero-order valence-electron chi connectivity index (χ0n) is 4.11. The first kappa shape index (κ1) is 6.77. The maximum Gasteiger partial charge on any atom is 0.155 e. The van der Waals surface area contributed by atoms with Gasteiger partial charge in [-0.25, -0.2) is 4.98 Å². The Morgan fingerprint density at radius 1 is 1.75 bits per heavy atom. The van der Waals surface area contributed by atoms with Gasteiger partial charge in [0.05, 0.1) is 5.69 Å². The molecule has 0 aliphatic rings. The summed E-state index contributed by atoms with van der Waals surface area (Å²) in [5.74, 6) is 0. The van der Waals surface area contributed by atoms with E-state index in [1.807, 2.05) is 6.92 Å². The zero-order chi connectivity index (χ0) is 6.15. The third-order valence-corrected chi connectivity index (χ3v) is 2.86. The number of thiazole rings is 1. The highest BCUT2D eigenvalue weighted by Gasteiger charge is 1.99. The zero-order valence-corrected chi connectivity index (χ0v) is 7.84. The largest absolute Gasteiger partial charge is 0.234 e. The number of nitrogens with zero attached hydrogens (tertiary/aromatic N) is 1. The van der Waals surface area contributed by atoms with Crippen molar-refractivity contribution in [1.82, 2.24) is 4.98 Å². The molecule has 0 aliphatic heterocycles. The smallest absolute Gasteiger partial charge is 0.155 e. The third-order valence-electron chi connectivity index (χ3n) is 0.714. The van der Waals surface area contributed by atoms with Crippen LogP contribution >= 0.6 is 45.5 Å². The summed E-state index contributed by atoms with van der Waals surface area (Å²) in [7, 11) is 0. The second-order valence-corrected chi connectivity index (χ2v) is 4.68. The summed E-state index contributed by atoms with van der Waals surface area (Å²) in [6.07, 6.45) is 0. The summed E-state index contributed by atoms with van der Waals surface area (Å²) in [5.41, 5.74) is 0.932. The molecule has 0 unspecified atom stereocenters. The lowest BCUT2D eigenvalue weighted by Gasteiger charge is -1.74. The summed E-state index contributed by atoms with van der Waals surface area (Å²) in [6.45, 7) is 1.90. The van der Waals surface area contributed by atoms with Gasteiger partial charge in [-0.05, 0) is 29.5 Å². The maximum absolute atomic E-state index is 5.68. The molecule has 0 aliphatic carbocycles. The van der Waals surface area contributed by atoms with Crippen molar-refractivity contribution < 1.29 is 0 Å². The predicted molar refractivity (Wildman–Crippen MR) is 44.6 cm³/mol. The first-order valence-corrected chi connectivity index (χ1v) is 4.26. The molecule has 1 heterocycles. The maximum atomic E-state index is 5.68. The second-order valence-electron chi connectivity index (χ2n) is 1.33. The van der Waals surface area contributed by atoms with Gasteiger partial charge in [-0.2, -0.15) is 0 Å². The topological polar surface area (TPSA) is 12.9 Å². The van der Waals surface area contributed by atoms with Crippen LogP contribution in [0.1, 0.15) is 5.69 Å². The van der Waals surface area contributed by atoms with E-state index in [2.05, 4.69) is 27.6 Å². The van der Waals surface area contributed by atoms with E-state index < -0.39 is 0 Å². The summed E-state index contributed by atoms with van der Waals surface area (Å²) in [4.78, 5) is 4.08. The van der Waals surface area contributed by atoms with E-state index in [1.165, 1.54) is 11.3 Å². The minimum Gasteiger partial charge on any atom is -0.234 e. The van der Waals surface area contributed by atoms with Crippen LogP contribution in [0.4, 0.5) is 0 Å². The van der Waals surface area contributed by atoms with Gasteiger partial charge >= 0.3 is 0 Å². The van der Waals surface area contributed by atoms with Crippen molar-refractivity contribution in [3.05, 3.63) is 13.0 Å². The number of hydrogen-bond acceptors (Lipinski definition) is 2. The number of halogens is 2. The SMILES string of the molecule is Cc1nc(I)sc1Cl. The summed E-state index contributed by atoms with van der Waals surface area (Å²) in [6, 6.07) is 0. The van der Waals surface area contributed by atoms with Crippen LogP contribution in [0.15, 0.2) is 0 Å². The van der Waals surface area contributed by atoms with Crippen molar-refractivity contribution in [2.75, 3.05) is 0 Å². The Morgan fingerprint density at radius 3 is 2.50 bits per heavy atom. The highest BCUT2D eigenvalue weighted by Crippen LogP contribution is 2.23. The number of rotatable bonds is 0. The minimum atomic E-state index is 0.800. The highest BCUT2D eigenvalue weighted by molar-refractivity contribution is 14.1. The predicted octanol–water partition coefficient (Wildman–Crippen LogP) is 2.71. The Labute approximate surface area is 70.2 Å². The van der Waals surface area contributed by atoms with E-state index in [9.17, 15) is 0 Å². The quantitative estimate of drug-likeness (QED) is 0.653. The third kappa shape index (κ3) is 1.33. The van der Waals surface area contributed by atoms with Crippen LogP contribution in [0, 0.1) is 9.94 Å². The highest BCUT2D eigenvalue weighted by atomic mass is 127. The Bertz CT molecular complexity index is 178. The average molecular weight is 259 g/mol. The van der Waals surface area contributed by atoms with Crippen LogP contribution in [0.2, 0.25) is 4.34 Å². The standard InChI is InChI=1S/C4H3ClINS/c1-2-3(5)8-4(6)7-2/h1H3. The fraction of sp³-hybridized carbons (Fsp3) is 0.250. The van der Waals surface area contributed by atoms with Gasteiger partial charge in [-0.3, -0.25) is 0 Å². The van der Waals surface area contributed by atoms with Gasteiger partial charge in [0.1, 0.15) is 4.34 Å².